The van der Waals surface area contributed by atoms with E-state index in [2.05, 4.69) is 11.9 Å². The molecule has 0 aliphatic rings. The molecule has 0 aliphatic heterocycles. The number of furan rings is 1. The highest BCUT2D eigenvalue weighted by Crippen LogP contribution is 2.22. The fraction of sp³-hybridized carbons (Fsp3) is 0.375. The van der Waals surface area contributed by atoms with Crippen LogP contribution in [0.15, 0.2) is 22.7 Å². The predicted octanol–water partition coefficient (Wildman–Crippen LogP) is 3.59. The Morgan fingerprint density at radius 2 is 1.95 bits per heavy atom. The van der Waals surface area contributed by atoms with Gasteiger partial charge in [-0.3, -0.25) is 9.78 Å². The zero-order valence-electron chi connectivity index (χ0n) is 11.9. The van der Waals surface area contributed by atoms with Gasteiger partial charge in [0.2, 0.25) is 0 Å². The Bertz CT molecular complexity index is 594. The van der Waals surface area contributed by atoms with Gasteiger partial charge in [-0.1, -0.05) is 13.0 Å². The summed E-state index contributed by atoms with van der Waals surface area (Å²) in [5.74, 6) is 1.59. The Balaban J connectivity index is 2.20. The lowest BCUT2D eigenvalue weighted by Gasteiger charge is -2.02. The van der Waals surface area contributed by atoms with Crippen LogP contribution in [0.3, 0.4) is 0 Å². The molecule has 0 N–H and O–H groups in total. The topological polar surface area (TPSA) is 43.1 Å². The van der Waals surface area contributed by atoms with E-state index < -0.39 is 0 Å². The number of Topliss-reactive ketones (excluding diaryl/α,β-unsaturated/α-hetero) is 1. The molecule has 0 aromatic carbocycles. The van der Waals surface area contributed by atoms with Crippen LogP contribution < -0.4 is 0 Å². The first-order chi connectivity index (χ1) is 9.02. The van der Waals surface area contributed by atoms with Crippen LogP contribution in [0.25, 0.3) is 0 Å². The van der Waals surface area contributed by atoms with Gasteiger partial charge in [0.1, 0.15) is 11.5 Å². The Hall–Kier alpha value is -1.90. The summed E-state index contributed by atoms with van der Waals surface area (Å²) >= 11 is 0. The summed E-state index contributed by atoms with van der Waals surface area (Å²) in [6.07, 6.45) is 3.12. The van der Waals surface area contributed by atoms with Crippen molar-refractivity contribution in [1.82, 2.24) is 4.98 Å². The highest BCUT2D eigenvalue weighted by atomic mass is 16.3. The van der Waals surface area contributed by atoms with Gasteiger partial charge in [-0.05, 0) is 38.8 Å². The predicted molar refractivity (Wildman–Crippen MR) is 74.6 cm³/mol. The van der Waals surface area contributed by atoms with Gasteiger partial charge in [0, 0.05) is 17.5 Å². The lowest BCUT2D eigenvalue weighted by Crippen LogP contribution is -2.07. The quantitative estimate of drug-likeness (QED) is 0.786. The van der Waals surface area contributed by atoms with Crippen LogP contribution in [0.1, 0.15) is 45.6 Å². The van der Waals surface area contributed by atoms with E-state index in [9.17, 15) is 4.79 Å². The van der Waals surface area contributed by atoms with Crippen molar-refractivity contribution in [1.29, 1.82) is 0 Å². The van der Waals surface area contributed by atoms with Crippen LogP contribution in [0.2, 0.25) is 0 Å². The third-order valence-corrected chi connectivity index (χ3v) is 3.48. The second-order valence-corrected chi connectivity index (χ2v) is 4.83. The Morgan fingerprint density at radius 1 is 1.21 bits per heavy atom. The standard InChI is InChI=1S/C16H19NO2/c1-5-13-6-7-14(17-9-13)8-15(18)16-10(2)11(3)19-12(16)4/h6-7,9H,5,8H2,1-4H3. The van der Waals surface area contributed by atoms with Gasteiger partial charge in [-0.25, -0.2) is 0 Å². The van der Waals surface area contributed by atoms with Crippen molar-refractivity contribution in [3.05, 3.63) is 52.2 Å². The summed E-state index contributed by atoms with van der Waals surface area (Å²) in [6.45, 7) is 7.73. The fourth-order valence-corrected chi connectivity index (χ4v) is 2.22. The molecule has 2 aromatic rings. The summed E-state index contributed by atoms with van der Waals surface area (Å²) in [6, 6.07) is 3.95. The maximum atomic E-state index is 12.3. The molecule has 0 bridgehead atoms. The molecule has 2 heterocycles. The molecule has 3 nitrogen and oxygen atoms in total. The van der Waals surface area contributed by atoms with E-state index in [1.807, 2.05) is 39.1 Å². The van der Waals surface area contributed by atoms with Crippen LogP contribution >= 0.6 is 0 Å². The molecular weight excluding hydrogens is 238 g/mol. The zero-order chi connectivity index (χ0) is 14.0. The molecule has 19 heavy (non-hydrogen) atoms. The van der Waals surface area contributed by atoms with Crippen LogP contribution in [0.4, 0.5) is 0 Å². The second-order valence-electron chi connectivity index (χ2n) is 4.83. The maximum Gasteiger partial charge on any atom is 0.172 e. The summed E-state index contributed by atoms with van der Waals surface area (Å²) in [7, 11) is 0. The SMILES string of the molecule is CCc1ccc(CC(=O)c2c(C)oc(C)c2C)nc1. The molecule has 0 unspecified atom stereocenters. The third kappa shape index (κ3) is 2.75. The van der Waals surface area contributed by atoms with E-state index in [1.54, 1.807) is 0 Å². The maximum absolute atomic E-state index is 12.3. The van der Waals surface area contributed by atoms with Crippen molar-refractivity contribution in [3.63, 3.8) is 0 Å². The molecular formula is C16H19NO2. The first-order valence-electron chi connectivity index (χ1n) is 6.56. The molecule has 0 saturated heterocycles. The van der Waals surface area contributed by atoms with Gasteiger partial charge in [0.05, 0.1) is 12.0 Å². The van der Waals surface area contributed by atoms with Gasteiger partial charge in [0.25, 0.3) is 0 Å². The van der Waals surface area contributed by atoms with E-state index in [0.29, 0.717) is 17.7 Å². The molecule has 3 heteroatoms. The van der Waals surface area contributed by atoms with Crippen molar-refractivity contribution < 1.29 is 9.21 Å². The number of pyridine rings is 1. The Kier molecular flexibility index (Phi) is 3.84. The van der Waals surface area contributed by atoms with Gasteiger partial charge < -0.3 is 4.42 Å². The minimum absolute atomic E-state index is 0.0728. The van der Waals surface area contributed by atoms with E-state index in [0.717, 1.165) is 23.4 Å². The summed E-state index contributed by atoms with van der Waals surface area (Å²) < 4.78 is 5.50. The number of aryl methyl sites for hydroxylation is 3. The molecule has 2 aromatic heterocycles. The highest BCUT2D eigenvalue weighted by Gasteiger charge is 2.18. The molecule has 0 saturated carbocycles. The van der Waals surface area contributed by atoms with E-state index in [4.69, 9.17) is 4.42 Å². The van der Waals surface area contributed by atoms with Gasteiger partial charge in [-0.15, -0.1) is 0 Å². The van der Waals surface area contributed by atoms with E-state index >= 15 is 0 Å². The molecule has 2 rings (SSSR count). The van der Waals surface area contributed by atoms with Crippen LogP contribution in [0.5, 0.6) is 0 Å². The largest absolute Gasteiger partial charge is 0.466 e. The van der Waals surface area contributed by atoms with E-state index in [-0.39, 0.29) is 5.78 Å². The number of hydrogen-bond donors (Lipinski definition) is 0. The average Bonchev–Trinajstić information content (AvgIpc) is 2.64. The first kappa shape index (κ1) is 13.5. The van der Waals surface area contributed by atoms with Crippen molar-refractivity contribution >= 4 is 5.78 Å². The van der Waals surface area contributed by atoms with Crippen LogP contribution in [0, 0.1) is 20.8 Å². The molecule has 100 valence electrons. The Morgan fingerprint density at radius 3 is 2.42 bits per heavy atom. The van der Waals surface area contributed by atoms with Gasteiger partial charge in [0.15, 0.2) is 5.78 Å². The molecule has 0 fully saturated rings. The van der Waals surface area contributed by atoms with Gasteiger partial charge in [-0.2, -0.15) is 0 Å². The highest BCUT2D eigenvalue weighted by molar-refractivity contribution is 5.99. The van der Waals surface area contributed by atoms with Crippen LogP contribution in [-0.2, 0) is 12.8 Å². The number of carbonyl (C=O) groups is 1. The summed E-state index contributed by atoms with van der Waals surface area (Å²) in [5.41, 5.74) is 3.63. The van der Waals surface area contributed by atoms with Crippen molar-refractivity contribution in [2.24, 2.45) is 0 Å². The van der Waals surface area contributed by atoms with Crippen molar-refractivity contribution in [3.8, 4) is 0 Å². The normalized spacial score (nSPS) is 10.7. The number of carbonyl (C=O) groups excluding carboxylic acids is 1. The third-order valence-electron chi connectivity index (χ3n) is 3.48. The Labute approximate surface area is 113 Å². The zero-order valence-corrected chi connectivity index (χ0v) is 11.9. The van der Waals surface area contributed by atoms with Crippen molar-refractivity contribution in [2.75, 3.05) is 0 Å². The number of nitrogens with zero attached hydrogens (tertiary/aromatic N) is 1. The minimum Gasteiger partial charge on any atom is -0.466 e. The number of aromatic nitrogens is 1. The molecule has 0 atom stereocenters. The minimum atomic E-state index is 0.0728. The number of hydrogen-bond acceptors (Lipinski definition) is 3. The average molecular weight is 257 g/mol. The second kappa shape index (κ2) is 5.39. The summed E-state index contributed by atoms with van der Waals surface area (Å²) in [4.78, 5) is 16.7. The summed E-state index contributed by atoms with van der Waals surface area (Å²) in [5, 5.41) is 0. The molecule has 0 radical (unpaired) electrons. The lowest BCUT2D eigenvalue weighted by atomic mass is 10.0. The first-order valence-corrected chi connectivity index (χ1v) is 6.56. The fourth-order valence-electron chi connectivity index (χ4n) is 2.22. The van der Waals surface area contributed by atoms with Crippen LogP contribution in [-0.4, -0.2) is 10.8 Å². The lowest BCUT2D eigenvalue weighted by molar-refractivity contribution is 0.0990. The van der Waals surface area contributed by atoms with E-state index in [1.165, 1.54) is 5.56 Å². The number of rotatable bonds is 4. The smallest absolute Gasteiger partial charge is 0.172 e. The van der Waals surface area contributed by atoms with Crippen molar-refractivity contribution in [2.45, 2.75) is 40.5 Å². The molecule has 0 amide bonds. The molecule has 0 spiro atoms. The molecule has 0 aliphatic carbocycles. The number of ketones is 1. The van der Waals surface area contributed by atoms with Gasteiger partial charge >= 0.3 is 0 Å². The monoisotopic (exact) mass is 257 g/mol.